The van der Waals surface area contributed by atoms with Crippen molar-refractivity contribution in [1.82, 2.24) is 0 Å². The van der Waals surface area contributed by atoms with E-state index < -0.39 is 0 Å². The lowest BCUT2D eigenvalue weighted by atomic mass is 9.94. The van der Waals surface area contributed by atoms with Crippen LogP contribution < -0.4 is 0 Å². The topological polar surface area (TPSA) is 17.9 Å². The molecule has 1 aliphatic rings. The van der Waals surface area contributed by atoms with Crippen LogP contribution in [0.4, 0.5) is 0 Å². The van der Waals surface area contributed by atoms with Gasteiger partial charge >= 0.3 is 0 Å². The van der Waals surface area contributed by atoms with Crippen LogP contribution in [-0.4, -0.2) is 13.2 Å². The highest BCUT2D eigenvalue weighted by Crippen LogP contribution is 2.24. The van der Waals surface area contributed by atoms with Gasteiger partial charge in [0.25, 0.3) is 5.54 Å². The van der Waals surface area contributed by atoms with Gasteiger partial charge in [0.1, 0.15) is 0 Å². The molecule has 1 saturated heterocycles. The number of nitrogens with zero attached hydrogens (tertiary/aromatic N) is 2. The number of benzene rings is 2. The monoisotopic (exact) mass is 362 g/mol. The molecule has 2 aromatic rings. The third-order valence-corrected chi connectivity index (χ3v) is 4.18. The van der Waals surface area contributed by atoms with E-state index in [1.165, 1.54) is 24.0 Å². The van der Waals surface area contributed by atoms with E-state index >= 15 is 0 Å². The van der Waals surface area contributed by atoms with Crippen LogP contribution in [0.25, 0.3) is 9.69 Å². The molecule has 0 saturated carbocycles. The lowest BCUT2D eigenvalue weighted by Crippen LogP contribution is -2.10. The summed E-state index contributed by atoms with van der Waals surface area (Å²) in [6.45, 7) is 24.1. The second kappa shape index (κ2) is 11.9. The molecule has 0 aliphatic carbocycles. The van der Waals surface area contributed by atoms with Crippen LogP contribution in [-0.2, 0) is 16.8 Å². The molecule has 0 bridgehead atoms. The van der Waals surface area contributed by atoms with Crippen molar-refractivity contribution in [1.29, 1.82) is 0 Å². The maximum Gasteiger partial charge on any atom is 0.252 e. The van der Waals surface area contributed by atoms with Gasteiger partial charge in [-0.05, 0) is 38.8 Å². The van der Waals surface area contributed by atoms with Crippen molar-refractivity contribution < 1.29 is 4.74 Å². The van der Waals surface area contributed by atoms with Crippen LogP contribution in [0.1, 0.15) is 48.9 Å². The van der Waals surface area contributed by atoms with Gasteiger partial charge in [0.2, 0.25) is 6.54 Å². The molecule has 3 nitrogen and oxygen atoms in total. The molecule has 0 spiro atoms. The third-order valence-electron chi connectivity index (χ3n) is 4.18. The summed E-state index contributed by atoms with van der Waals surface area (Å²) in [6, 6.07) is 16.1. The molecule has 1 fully saturated rings. The molecule has 0 unspecified atom stereocenters. The largest absolute Gasteiger partial charge is 0.381 e. The van der Waals surface area contributed by atoms with Crippen molar-refractivity contribution in [2.75, 3.05) is 13.2 Å². The first-order valence-corrected chi connectivity index (χ1v) is 9.31. The zero-order chi connectivity index (χ0) is 20.1. The van der Waals surface area contributed by atoms with E-state index in [9.17, 15) is 0 Å². The lowest BCUT2D eigenvalue weighted by molar-refractivity contribution is 0.198. The molecule has 0 aromatic heterocycles. The maximum absolute atomic E-state index is 7.04. The van der Waals surface area contributed by atoms with Gasteiger partial charge in [-0.2, -0.15) is 0 Å². The molecule has 0 N–H and O–H groups in total. The normalized spacial score (nSPS) is 12.5. The Hall–Kier alpha value is -2.62. The first-order valence-electron chi connectivity index (χ1n) is 9.31. The smallest absolute Gasteiger partial charge is 0.252 e. The minimum Gasteiger partial charge on any atom is -0.381 e. The number of rotatable bonds is 2. The van der Waals surface area contributed by atoms with Crippen LogP contribution in [0.2, 0.25) is 0 Å². The van der Waals surface area contributed by atoms with Gasteiger partial charge in [0.05, 0.1) is 0 Å². The Morgan fingerprint density at radius 1 is 0.926 bits per heavy atom. The van der Waals surface area contributed by atoms with Crippen molar-refractivity contribution in [3.8, 4) is 0 Å². The van der Waals surface area contributed by atoms with E-state index in [0.29, 0.717) is 6.54 Å². The van der Waals surface area contributed by atoms with E-state index in [2.05, 4.69) is 15.8 Å². The molecule has 2 aromatic carbocycles. The predicted molar refractivity (Wildman–Crippen MR) is 112 cm³/mol. The van der Waals surface area contributed by atoms with E-state index in [4.69, 9.17) is 17.9 Å². The number of hydrogen-bond donors (Lipinski definition) is 0. The minimum absolute atomic E-state index is 0.383. The molecule has 142 valence electrons. The van der Waals surface area contributed by atoms with Crippen LogP contribution in [0.5, 0.6) is 0 Å². The molecule has 3 rings (SSSR count). The molecule has 3 heteroatoms. The number of aryl methyl sites for hydroxylation is 2. The van der Waals surface area contributed by atoms with Gasteiger partial charge in [-0.25, -0.2) is 13.1 Å². The van der Waals surface area contributed by atoms with E-state index in [1.807, 2.05) is 70.2 Å². The highest BCUT2D eigenvalue weighted by Gasteiger charge is 2.25. The van der Waals surface area contributed by atoms with Gasteiger partial charge in [-0.3, -0.25) is 0 Å². The minimum atomic E-state index is -0.383. The van der Waals surface area contributed by atoms with Gasteiger partial charge in [-0.1, -0.05) is 47.5 Å². The zero-order valence-electron chi connectivity index (χ0n) is 17.0. The fourth-order valence-electron chi connectivity index (χ4n) is 2.50. The average molecular weight is 363 g/mol. The Labute approximate surface area is 164 Å². The highest BCUT2D eigenvalue weighted by atomic mass is 16.5. The predicted octanol–water partition coefficient (Wildman–Crippen LogP) is 6.36. The molecule has 27 heavy (non-hydrogen) atoms. The Morgan fingerprint density at radius 2 is 1.52 bits per heavy atom. The fraction of sp³-hybridized carbons (Fsp3) is 0.417. The molecule has 1 aliphatic heterocycles. The summed E-state index contributed by atoms with van der Waals surface area (Å²) in [7, 11) is 0. The van der Waals surface area contributed by atoms with Crippen LogP contribution >= 0.6 is 0 Å². The number of ether oxygens (including phenoxy) is 1. The van der Waals surface area contributed by atoms with Gasteiger partial charge in [0, 0.05) is 38.2 Å². The summed E-state index contributed by atoms with van der Waals surface area (Å²) in [4.78, 5) is 6.88. The number of hydrogen-bond acceptors (Lipinski definition) is 1. The SMILES string of the molecule is C1CCOC1.[C-]#[N+]C(C)(C)c1cccc(C)c1.[C-]#[N+]Cc1cccc(C)c1. The molecule has 0 atom stereocenters. The molecular weight excluding hydrogens is 332 g/mol. The molecule has 1 heterocycles. The van der Waals surface area contributed by atoms with Crippen LogP contribution in [0, 0.1) is 27.0 Å². The van der Waals surface area contributed by atoms with Crippen LogP contribution in [0.3, 0.4) is 0 Å². The second-order valence-electron chi connectivity index (χ2n) is 7.17. The zero-order valence-corrected chi connectivity index (χ0v) is 17.0. The van der Waals surface area contributed by atoms with Crippen molar-refractivity contribution in [2.45, 2.75) is 52.6 Å². The van der Waals surface area contributed by atoms with Crippen LogP contribution in [0.15, 0.2) is 48.5 Å². The highest BCUT2D eigenvalue weighted by molar-refractivity contribution is 5.30. The van der Waals surface area contributed by atoms with Crippen molar-refractivity contribution >= 4 is 0 Å². The maximum atomic E-state index is 7.04. The van der Waals surface area contributed by atoms with E-state index in [0.717, 1.165) is 24.3 Å². The Balaban J connectivity index is 0.000000218. The summed E-state index contributed by atoms with van der Waals surface area (Å²) in [5, 5.41) is 0. The van der Waals surface area contributed by atoms with Crippen molar-refractivity contribution in [3.63, 3.8) is 0 Å². The Morgan fingerprint density at radius 3 is 1.96 bits per heavy atom. The standard InChI is InChI=1S/C11H13N.C9H9N.C4H8O/c1-9-6-5-7-10(8-9)11(2,3)12-4;1-8-4-3-5-9(6-8)7-10-2;1-2-4-5-3-1/h5-8H,1-3H3;3-6H,7H2,1H3;1-4H2. The summed E-state index contributed by atoms with van der Waals surface area (Å²) >= 11 is 0. The molecule has 0 radical (unpaired) electrons. The van der Waals surface area contributed by atoms with Gasteiger partial charge in [-0.15, -0.1) is 0 Å². The molecule has 0 amide bonds. The fourth-order valence-corrected chi connectivity index (χ4v) is 2.50. The van der Waals surface area contributed by atoms with Gasteiger partial charge in [0.15, 0.2) is 0 Å². The summed E-state index contributed by atoms with van der Waals surface area (Å²) in [5.74, 6) is 0. The van der Waals surface area contributed by atoms with E-state index in [-0.39, 0.29) is 5.54 Å². The second-order valence-corrected chi connectivity index (χ2v) is 7.17. The summed E-state index contributed by atoms with van der Waals surface area (Å²) < 4.78 is 4.94. The first-order chi connectivity index (χ1) is 12.9. The average Bonchev–Trinajstić information content (AvgIpc) is 3.23. The molecular formula is C24H30N2O. The first kappa shape index (κ1) is 22.4. The summed E-state index contributed by atoms with van der Waals surface area (Å²) in [6.07, 6.45) is 2.56. The van der Waals surface area contributed by atoms with Gasteiger partial charge < -0.3 is 14.4 Å². The van der Waals surface area contributed by atoms with Crippen molar-refractivity contribution in [2.24, 2.45) is 0 Å². The van der Waals surface area contributed by atoms with E-state index in [1.54, 1.807) is 0 Å². The lowest BCUT2D eigenvalue weighted by Gasteiger charge is -2.11. The van der Waals surface area contributed by atoms with Crippen molar-refractivity contribution in [3.05, 3.63) is 93.6 Å². The Kier molecular flexibility index (Phi) is 9.88. The Bertz CT molecular complexity index is 770. The third kappa shape index (κ3) is 9.04. The quantitative estimate of drug-likeness (QED) is 0.568. The summed E-state index contributed by atoms with van der Waals surface area (Å²) in [5.41, 5.74) is 4.25.